The van der Waals surface area contributed by atoms with Gasteiger partial charge in [0.2, 0.25) is 5.91 Å². The molecule has 9 heteroatoms. The molecule has 1 fully saturated rings. The minimum Gasteiger partial charge on any atom is -0.350 e. The zero-order valence-corrected chi connectivity index (χ0v) is 14.0. The second-order valence-electron chi connectivity index (χ2n) is 6.84. The summed E-state index contributed by atoms with van der Waals surface area (Å²) in [6.45, 7) is 6.55. The van der Waals surface area contributed by atoms with Gasteiger partial charge >= 0.3 is 12.2 Å². The maximum Gasteiger partial charge on any atom is 0.401 e. The van der Waals surface area contributed by atoms with E-state index >= 15 is 0 Å². The van der Waals surface area contributed by atoms with Crippen molar-refractivity contribution in [1.29, 1.82) is 0 Å². The maximum atomic E-state index is 12.4. The van der Waals surface area contributed by atoms with Crippen molar-refractivity contribution >= 4 is 11.9 Å². The summed E-state index contributed by atoms with van der Waals surface area (Å²) in [5, 5.41) is 5.21. The molecule has 0 radical (unpaired) electrons. The Morgan fingerprint density at radius 1 is 1.17 bits per heavy atom. The van der Waals surface area contributed by atoms with Crippen molar-refractivity contribution in [3.8, 4) is 0 Å². The Morgan fingerprint density at radius 3 is 2.26 bits per heavy atom. The number of hydrogen-bond acceptors (Lipinski definition) is 3. The van der Waals surface area contributed by atoms with Crippen LogP contribution in [0.4, 0.5) is 18.0 Å². The molecule has 1 atom stereocenters. The average Bonchev–Trinajstić information content (AvgIpc) is 2.35. The van der Waals surface area contributed by atoms with E-state index in [1.807, 2.05) is 20.8 Å². The minimum absolute atomic E-state index is 0.155. The molecule has 1 rings (SSSR count). The van der Waals surface area contributed by atoms with E-state index in [4.69, 9.17) is 0 Å². The summed E-state index contributed by atoms with van der Waals surface area (Å²) in [6, 6.07) is -0.827. The van der Waals surface area contributed by atoms with Gasteiger partial charge in [-0.15, -0.1) is 0 Å². The molecular formula is C14H25F3N4O2. The average molecular weight is 338 g/mol. The molecule has 1 saturated heterocycles. The molecule has 0 aromatic carbocycles. The second-order valence-corrected chi connectivity index (χ2v) is 6.84. The Hall–Kier alpha value is -1.51. The second kappa shape index (κ2) is 7.37. The fraction of sp³-hybridized carbons (Fsp3) is 0.857. The van der Waals surface area contributed by atoms with Crippen molar-refractivity contribution in [3.05, 3.63) is 0 Å². The van der Waals surface area contributed by atoms with Gasteiger partial charge in [-0.3, -0.25) is 9.69 Å². The highest BCUT2D eigenvalue weighted by Gasteiger charge is 2.35. The molecule has 0 bridgehead atoms. The van der Waals surface area contributed by atoms with Crippen molar-refractivity contribution in [3.63, 3.8) is 0 Å². The molecule has 0 aromatic rings. The lowest BCUT2D eigenvalue weighted by atomic mass is 10.1. The van der Waals surface area contributed by atoms with E-state index in [0.29, 0.717) is 0 Å². The fourth-order valence-electron chi connectivity index (χ4n) is 2.38. The van der Waals surface area contributed by atoms with Gasteiger partial charge in [0, 0.05) is 31.2 Å². The third-order valence-corrected chi connectivity index (χ3v) is 3.35. The number of amides is 3. The number of carbonyl (C=O) groups excluding carboxylic acids is 2. The van der Waals surface area contributed by atoms with Gasteiger partial charge in [-0.25, -0.2) is 4.79 Å². The number of carbonyl (C=O) groups is 2. The molecule has 134 valence electrons. The summed E-state index contributed by atoms with van der Waals surface area (Å²) in [5.41, 5.74) is -0.389. The van der Waals surface area contributed by atoms with Crippen molar-refractivity contribution in [2.24, 2.45) is 0 Å². The van der Waals surface area contributed by atoms with Gasteiger partial charge in [-0.05, 0) is 27.7 Å². The smallest absolute Gasteiger partial charge is 0.350 e. The fourth-order valence-corrected chi connectivity index (χ4v) is 2.38. The van der Waals surface area contributed by atoms with E-state index < -0.39 is 18.8 Å². The van der Waals surface area contributed by atoms with Crippen LogP contribution >= 0.6 is 0 Å². The molecule has 3 amide bonds. The van der Waals surface area contributed by atoms with E-state index in [1.54, 1.807) is 6.92 Å². The largest absolute Gasteiger partial charge is 0.401 e. The van der Waals surface area contributed by atoms with Crippen LogP contribution in [0.5, 0.6) is 0 Å². The zero-order valence-electron chi connectivity index (χ0n) is 14.0. The highest BCUT2D eigenvalue weighted by atomic mass is 19.4. The lowest BCUT2D eigenvalue weighted by molar-refractivity contribution is -0.153. The molecule has 1 aliphatic rings. The number of halogens is 3. The molecule has 6 nitrogen and oxygen atoms in total. The third kappa shape index (κ3) is 7.54. The van der Waals surface area contributed by atoms with Gasteiger partial charge in [0.15, 0.2) is 0 Å². The quantitative estimate of drug-likeness (QED) is 0.812. The van der Waals surface area contributed by atoms with Crippen LogP contribution in [-0.4, -0.2) is 72.2 Å². The molecule has 1 unspecified atom stereocenters. The lowest BCUT2D eigenvalue weighted by Crippen LogP contribution is -2.58. The standard InChI is InChI=1S/C14H25F3N4O2/c1-10-8-20(5-6-21(10)9-14(15,16)17)12(23)18-7-11(22)19-13(2,3)4/h10H,5-9H2,1-4H3,(H,18,23)(H,19,22). The number of rotatable bonds is 3. The zero-order chi connectivity index (χ0) is 17.8. The van der Waals surface area contributed by atoms with Crippen LogP contribution in [0.3, 0.4) is 0 Å². The molecule has 0 aromatic heterocycles. The Kier molecular flexibility index (Phi) is 6.26. The van der Waals surface area contributed by atoms with Crippen molar-refractivity contribution in [2.45, 2.75) is 45.5 Å². The van der Waals surface area contributed by atoms with Gasteiger partial charge in [-0.2, -0.15) is 13.2 Å². The highest BCUT2D eigenvalue weighted by molar-refractivity contribution is 5.84. The molecule has 23 heavy (non-hydrogen) atoms. The maximum absolute atomic E-state index is 12.4. The van der Waals surface area contributed by atoms with E-state index in [-0.39, 0.29) is 43.7 Å². The van der Waals surface area contributed by atoms with E-state index in [9.17, 15) is 22.8 Å². The normalized spacial score (nSPS) is 20.3. The predicted octanol–water partition coefficient (Wildman–Crippen LogP) is 1.18. The van der Waals surface area contributed by atoms with E-state index in [1.165, 1.54) is 9.80 Å². The topological polar surface area (TPSA) is 64.7 Å². The number of piperazine rings is 1. The number of nitrogens with zero attached hydrogens (tertiary/aromatic N) is 2. The first-order valence-corrected chi connectivity index (χ1v) is 7.52. The Morgan fingerprint density at radius 2 is 1.78 bits per heavy atom. The van der Waals surface area contributed by atoms with Crippen LogP contribution in [0.1, 0.15) is 27.7 Å². The van der Waals surface area contributed by atoms with Gasteiger partial charge in [0.05, 0.1) is 13.1 Å². The number of alkyl halides is 3. The molecule has 0 aliphatic carbocycles. The summed E-state index contributed by atoms with van der Waals surface area (Å²) in [7, 11) is 0. The Balaban J connectivity index is 2.41. The third-order valence-electron chi connectivity index (χ3n) is 3.35. The summed E-state index contributed by atoms with van der Waals surface area (Å²) >= 11 is 0. The van der Waals surface area contributed by atoms with Crippen LogP contribution in [0.25, 0.3) is 0 Å². The molecule has 0 saturated carbocycles. The minimum atomic E-state index is -4.25. The Labute approximate surface area is 134 Å². The van der Waals surface area contributed by atoms with Crippen LogP contribution in [0, 0.1) is 0 Å². The predicted molar refractivity (Wildman–Crippen MR) is 80.0 cm³/mol. The van der Waals surface area contributed by atoms with Crippen molar-refractivity contribution in [2.75, 3.05) is 32.7 Å². The van der Waals surface area contributed by atoms with Gasteiger partial charge in [0.1, 0.15) is 0 Å². The van der Waals surface area contributed by atoms with Crippen LogP contribution in [0.2, 0.25) is 0 Å². The summed E-state index contributed by atoms with van der Waals surface area (Å²) in [5.74, 6) is -0.311. The van der Waals surface area contributed by atoms with Crippen LogP contribution < -0.4 is 10.6 Å². The molecule has 1 aliphatic heterocycles. The van der Waals surface area contributed by atoms with Gasteiger partial charge < -0.3 is 15.5 Å². The number of nitrogens with one attached hydrogen (secondary N) is 2. The van der Waals surface area contributed by atoms with Crippen LogP contribution in [-0.2, 0) is 4.79 Å². The van der Waals surface area contributed by atoms with Gasteiger partial charge in [0.25, 0.3) is 0 Å². The first kappa shape index (κ1) is 19.5. The monoisotopic (exact) mass is 338 g/mol. The first-order valence-electron chi connectivity index (χ1n) is 7.52. The Bertz CT molecular complexity index is 435. The summed E-state index contributed by atoms with van der Waals surface area (Å²) < 4.78 is 37.3. The molecule has 0 spiro atoms. The summed E-state index contributed by atoms with van der Waals surface area (Å²) in [4.78, 5) is 26.4. The van der Waals surface area contributed by atoms with Crippen LogP contribution in [0.15, 0.2) is 0 Å². The van der Waals surface area contributed by atoms with Gasteiger partial charge in [-0.1, -0.05) is 0 Å². The highest BCUT2D eigenvalue weighted by Crippen LogP contribution is 2.20. The molecular weight excluding hydrogens is 313 g/mol. The summed E-state index contributed by atoms with van der Waals surface area (Å²) in [6.07, 6.45) is -4.25. The number of hydrogen-bond donors (Lipinski definition) is 2. The van der Waals surface area contributed by atoms with E-state index in [2.05, 4.69) is 10.6 Å². The first-order chi connectivity index (χ1) is 10.4. The van der Waals surface area contributed by atoms with Crippen molar-refractivity contribution < 1.29 is 22.8 Å². The lowest BCUT2D eigenvalue weighted by Gasteiger charge is -2.39. The van der Waals surface area contributed by atoms with Crippen molar-refractivity contribution in [1.82, 2.24) is 20.4 Å². The molecule has 2 N–H and O–H groups in total. The SMILES string of the molecule is CC1CN(C(=O)NCC(=O)NC(C)(C)C)CCN1CC(F)(F)F. The number of urea groups is 1. The molecule has 1 heterocycles. The van der Waals surface area contributed by atoms with E-state index in [0.717, 1.165) is 0 Å².